The van der Waals surface area contributed by atoms with Crippen LogP contribution in [0.1, 0.15) is 41.9 Å². The molecule has 0 aliphatic heterocycles. The fourth-order valence-electron chi connectivity index (χ4n) is 3.38. The first kappa shape index (κ1) is 17.3. The van der Waals surface area contributed by atoms with Gasteiger partial charge in [0.15, 0.2) is 0 Å². The Balaban J connectivity index is 1.76. The molecule has 5 heteroatoms. The predicted octanol–water partition coefficient (Wildman–Crippen LogP) is 3.55. The summed E-state index contributed by atoms with van der Waals surface area (Å²) in [5.41, 5.74) is 4.30. The Bertz CT molecular complexity index is 862. The van der Waals surface area contributed by atoms with Crippen LogP contribution in [0.25, 0.3) is 10.9 Å². The summed E-state index contributed by atoms with van der Waals surface area (Å²) in [5, 5.41) is 4.26. The van der Waals surface area contributed by atoms with Gasteiger partial charge in [-0.25, -0.2) is 4.98 Å². The van der Waals surface area contributed by atoms with Gasteiger partial charge in [-0.2, -0.15) is 0 Å². The maximum Gasteiger partial charge on any atom is 0.268 e. The number of nitrogens with zero attached hydrogens (tertiary/aromatic N) is 3. The largest absolute Gasteiger partial charge is 0.351 e. The summed E-state index contributed by atoms with van der Waals surface area (Å²) in [6.07, 6.45) is 7.39. The van der Waals surface area contributed by atoms with E-state index in [0.717, 1.165) is 42.7 Å². The monoisotopic (exact) mass is 338 g/mol. The summed E-state index contributed by atoms with van der Waals surface area (Å²) < 4.78 is 4.14. The average molecular weight is 338 g/mol. The van der Waals surface area contributed by atoms with Crippen LogP contribution in [0.4, 0.5) is 0 Å². The van der Waals surface area contributed by atoms with Crippen LogP contribution in [0.2, 0.25) is 0 Å². The molecular formula is C20H26N4O. The molecule has 0 spiro atoms. The minimum Gasteiger partial charge on any atom is -0.351 e. The first-order chi connectivity index (χ1) is 12.2. The standard InChI is InChI=1S/C20H26N4O/c1-4-16-7-8-18-17(13-16)15(3)19(24(18)5-2)20(25)22-9-6-11-23-12-10-21-14-23/h7-8,10,12-14H,4-6,9,11H2,1-3H3,(H,22,25). The lowest BCUT2D eigenvalue weighted by atomic mass is 10.1. The molecule has 0 atom stereocenters. The van der Waals surface area contributed by atoms with Crippen molar-refractivity contribution < 1.29 is 4.79 Å². The van der Waals surface area contributed by atoms with E-state index in [1.54, 1.807) is 12.5 Å². The minimum absolute atomic E-state index is 0.0132. The van der Waals surface area contributed by atoms with E-state index < -0.39 is 0 Å². The van der Waals surface area contributed by atoms with Gasteiger partial charge in [0.1, 0.15) is 5.69 Å². The first-order valence-corrected chi connectivity index (χ1v) is 9.01. The Morgan fingerprint density at radius 2 is 2.12 bits per heavy atom. The number of aromatic nitrogens is 3. The molecule has 0 radical (unpaired) electrons. The van der Waals surface area contributed by atoms with Crippen molar-refractivity contribution in [2.24, 2.45) is 0 Å². The molecule has 0 saturated heterocycles. The second-order valence-electron chi connectivity index (χ2n) is 6.33. The molecular weight excluding hydrogens is 312 g/mol. The van der Waals surface area contributed by atoms with Crippen molar-refractivity contribution in [1.82, 2.24) is 19.4 Å². The van der Waals surface area contributed by atoms with Crippen LogP contribution in [-0.2, 0) is 19.5 Å². The Kier molecular flexibility index (Phi) is 5.22. The third kappa shape index (κ3) is 3.45. The molecule has 25 heavy (non-hydrogen) atoms. The van der Waals surface area contributed by atoms with Gasteiger partial charge in [0.2, 0.25) is 0 Å². The molecule has 1 aromatic carbocycles. The molecule has 3 aromatic rings. The quantitative estimate of drug-likeness (QED) is 0.670. The topological polar surface area (TPSA) is 51.9 Å². The number of hydrogen-bond acceptors (Lipinski definition) is 2. The maximum absolute atomic E-state index is 12.8. The van der Waals surface area contributed by atoms with Gasteiger partial charge in [0, 0.05) is 42.9 Å². The normalized spacial score (nSPS) is 11.2. The summed E-state index contributed by atoms with van der Waals surface area (Å²) in [5.74, 6) is 0.0132. The van der Waals surface area contributed by atoms with Gasteiger partial charge < -0.3 is 14.5 Å². The van der Waals surface area contributed by atoms with Crippen molar-refractivity contribution in [2.75, 3.05) is 6.54 Å². The summed E-state index contributed by atoms with van der Waals surface area (Å²) in [6.45, 7) is 8.59. The van der Waals surface area contributed by atoms with Crippen molar-refractivity contribution in [2.45, 2.75) is 46.7 Å². The van der Waals surface area contributed by atoms with E-state index in [0.29, 0.717) is 6.54 Å². The molecule has 132 valence electrons. The van der Waals surface area contributed by atoms with E-state index in [2.05, 4.69) is 46.9 Å². The van der Waals surface area contributed by atoms with Crippen molar-refractivity contribution in [3.8, 4) is 0 Å². The smallest absolute Gasteiger partial charge is 0.268 e. The van der Waals surface area contributed by atoms with Crippen molar-refractivity contribution in [3.63, 3.8) is 0 Å². The number of imidazole rings is 1. The van der Waals surface area contributed by atoms with E-state index in [-0.39, 0.29) is 5.91 Å². The van der Waals surface area contributed by atoms with E-state index in [1.165, 1.54) is 10.9 Å². The molecule has 0 aliphatic rings. The number of benzene rings is 1. The zero-order valence-electron chi connectivity index (χ0n) is 15.2. The Labute approximate surface area is 148 Å². The molecule has 2 aromatic heterocycles. The number of carbonyl (C=O) groups is 1. The van der Waals surface area contributed by atoms with Crippen molar-refractivity contribution in [3.05, 3.63) is 53.7 Å². The van der Waals surface area contributed by atoms with Gasteiger partial charge in [0.25, 0.3) is 5.91 Å². The molecule has 0 bridgehead atoms. The van der Waals surface area contributed by atoms with Gasteiger partial charge in [-0.05, 0) is 49.9 Å². The van der Waals surface area contributed by atoms with Gasteiger partial charge in [-0.1, -0.05) is 13.0 Å². The minimum atomic E-state index is 0.0132. The van der Waals surface area contributed by atoms with Gasteiger partial charge in [0.05, 0.1) is 6.33 Å². The molecule has 5 nitrogen and oxygen atoms in total. The lowest BCUT2D eigenvalue weighted by molar-refractivity contribution is 0.0943. The molecule has 0 fully saturated rings. The summed E-state index contributed by atoms with van der Waals surface area (Å²) in [4.78, 5) is 16.8. The van der Waals surface area contributed by atoms with Crippen molar-refractivity contribution in [1.29, 1.82) is 0 Å². The van der Waals surface area contributed by atoms with Crippen LogP contribution in [0.5, 0.6) is 0 Å². The number of hydrogen-bond donors (Lipinski definition) is 1. The van der Waals surface area contributed by atoms with Crippen LogP contribution >= 0.6 is 0 Å². The number of carbonyl (C=O) groups excluding carboxylic acids is 1. The van der Waals surface area contributed by atoms with Gasteiger partial charge >= 0.3 is 0 Å². The highest BCUT2D eigenvalue weighted by molar-refractivity contribution is 6.01. The third-order valence-corrected chi connectivity index (χ3v) is 4.76. The van der Waals surface area contributed by atoms with E-state index >= 15 is 0 Å². The molecule has 1 amide bonds. The fraction of sp³-hybridized carbons (Fsp3) is 0.400. The number of amides is 1. The second-order valence-corrected chi connectivity index (χ2v) is 6.33. The Hall–Kier alpha value is -2.56. The van der Waals surface area contributed by atoms with Crippen LogP contribution in [0.15, 0.2) is 36.9 Å². The predicted molar refractivity (Wildman–Crippen MR) is 101 cm³/mol. The Morgan fingerprint density at radius 3 is 2.80 bits per heavy atom. The lowest BCUT2D eigenvalue weighted by Gasteiger charge is -2.10. The summed E-state index contributed by atoms with van der Waals surface area (Å²) in [6, 6.07) is 6.51. The molecule has 1 N–H and O–H groups in total. The van der Waals surface area contributed by atoms with Gasteiger partial charge in [-0.3, -0.25) is 4.79 Å². The number of fused-ring (bicyclic) bond motifs is 1. The fourth-order valence-corrected chi connectivity index (χ4v) is 3.38. The van der Waals surface area contributed by atoms with Crippen LogP contribution in [0, 0.1) is 6.92 Å². The third-order valence-electron chi connectivity index (χ3n) is 4.76. The Morgan fingerprint density at radius 1 is 1.28 bits per heavy atom. The zero-order chi connectivity index (χ0) is 17.8. The first-order valence-electron chi connectivity index (χ1n) is 9.01. The molecule has 0 aliphatic carbocycles. The number of aryl methyl sites for hydroxylation is 4. The van der Waals surface area contributed by atoms with Crippen LogP contribution in [0.3, 0.4) is 0 Å². The zero-order valence-corrected chi connectivity index (χ0v) is 15.2. The van der Waals surface area contributed by atoms with E-state index in [9.17, 15) is 4.79 Å². The highest BCUT2D eigenvalue weighted by Gasteiger charge is 2.19. The molecule has 0 unspecified atom stereocenters. The molecule has 3 rings (SSSR count). The number of rotatable bonds is 7. The highest BCUT2D eigenvalue weighted by Crippen LogP contribution is 2.27. The van der Waals surface area contributed by atoms with E-state index in [1.807, 2.05) is 17.7 Å². The summed E-state index contributed by atoms with van der Waals surface area (Å²) >= 11 is 0. The lowest BCUT2D eigenvalue weighted by Crippen LogP contribution is -2.28. The molecule has 0 saturated carbocycles. The maximum atomic E-state index is 12.8. The van der Waals surface area contributed by atoms with E-state index in [4.69, 9.17) is 0 Å². The second kappa shape index (κ2) is 7.55. The SMILES string of the molecule is CCc1ccc2c(c1)c(C)c(C(=O)NCCCn1ccnc1)n2CC. The summed E-state index contributed by atoms with van der Waals surface area (Å²) in [7, 11) is 0. The number of nitrogens with one attached hydrogen (secondary N) is 1. The molecule has 2 heterocycles. The van der Waals surface area contributed by atoms with Gasteiger partial charge in [-0.15, -0.1) is 0 Å². The average Bonchev–Trinajstić information content (AvgIpc) is 3.24. The van der Waals surface area contributed by atoms with Crippen LogP contribution < -0.4 is 5.32 Å². The van der Waals surface area contributed by atoms with Crippen molar-refractivity contribution >= 4 is 16.8 Å². The van der Waals surface area contributed by atoms with Crippen LogP contribution in [-0.4, -0.2) is 26.6 Å². The highest BCUT2D eigenvalue weighted by atomic mass is 16.1.